The number of halogens is 2. The Bertz CT molecular complexity index is 547. The van der Waals surface area contributed by atoms with Crippen LogP contribution in [0.3, 0.4) is 0 Å². The summed E-state index contributed by atoms with van der Waals surface area (Å²) in [5, 5.41) is 6.66. The van der Waals surface area contributed by atoms with Crippen molar-refractivity contribution in [3.63, 3.8) is 0 Å². The van der Waals surface area contributed by atoms with E-state index in [1.54, 1.807) is 13.0 Å². The molecule has 0 saturated heterocycles. The van der Waals surface area contributed by atoms with Gasteiger partial charge in [-0.05, 0) is 44.5 Å². The Labute approximate surface area is 142 Å². The van der Waals surface area contributed by atoms with E-state index in [4.69, 9.17) is 16.3 Å². The van der Waals surface area contributed by atoms with E-state index in [1.807, 2.05) is 19.1 Å². The van der Waals surface area contributed by atoms with Gasteiger partial charge in [0.05, 0.1) is 5.02 Å². The second-order valence-corrected chi connectivity index (χ2v) is 5.64. The maximum absolute atomic E-state index is 12.1. The number of nitrogens with one attached hydrogen (secondary N) is 2. The molecule has 0 saturated carbocycles. The number of hydrogen-bond acceptors (Lipinski definition) is 3. The van der Waals surface area contributed by atoms with E-state index in [-0.39, 0.29) is 18.3 Å². The van der Waals surface area contributed by atoms with E-state index < -0.39 is 6.10 Å². The molecule has 1 amide bonds. The van der Waals surface area contributed by atoms with Crippen LogP contribution in [0, 0.1) is 6.92 Å². The van der Waals surface area contributed by atoms with Crippen molar-refractivity contribution >= 4 is 29.9 Å². The van der Waals surface area contributed by atoms with Crippen molar-refractivity contribution in [2.24, 2.45) is 0 Å². The molecule has 2 rings (SSSR count). The lowest BCUT2D eigenvalue weighted by Crippen LogP contribution is -2.38. The highest BCUT2D eigenvalue weighted by Gasteiger charge is 2.16. The van der Waals surface area contributed by atoms with E-state index in [1.165, 1.54) is 5.57 Å². The molecule has 0 fully saturated rings. The second-order valence-electron chi connectivity index (χ2n) is 5.23. The molecule has 1 aromatic carbocycles. The smallest absolute Gasteiger partial charge is 0.261 e. The Morgan fingerprint density at radius 1 is 1.50 bits per heavy atom. The Morgan fingerprint density at radius 2 is 2.27 bits per heavy atom. The van der Waals surface area contributed by atoms with Crippen molar-refractivity contribution < 1.29 is 9.53 Å². The van der Waals surface area contributed by atoms with Gasteiger partial charge in [-0.1, -0.05) is 29.3 Å². The van der Waals surface area contributed by atoms with Crippen LogP contribution in [0.4, 0.5) is 0 Å². The molecule has 0 bridgehead atoms. The fraction of sp³-hybridized carbons (Fsp3) is 0.438. The third-order valence-electron chi connectivity index (χ3n) is 3.41. The molecule has 2 N–H and O–H groups in total. The lowest BCUT2D eigenvalue weighted by molar-refractivity contribution is -0.127. The Balaban J connectivity index is 0.00000242. The minimum absolute atomic E-state index is 0. The number of carbonyl (C=O) groups is 1. The minimum Gasteiger partial charge on any atom is -0.479 e. The lowest BCUT2D eigenvalue weighted by atomic mass is 10.1. The number of carbonyl (C=O) groups excluding carboxylic acids is 1. The first-order chi connectivity index (χ1) is 10.1. The molecule has 1 aliphatic heterocycles. The monoisotopic (exact) mass is 344 g/mol. The van der Waals surface area contributed by atoms with Crippen LogP contribution in [0.15, 0.2) is 29.8 Å². The summed E-state index contributed by atoms with van der Waals surface area (Å²) in [4.78, 5) is 12.1. The van der Waals surface area contributed by atoms with Crippen LogP contribution in [0.2, 0.25) is 5.02 Å². The average Bonchev–Trinajstić information content (AvgIpc) is 2.49. The second kappa shape index (κ2) is 9.03. The van der Waals surface area contributed by atoms with E-state index >= 15 is 0 Å². The zero-order valence-corrected chi connectivity index (χ0v) is 14.4. The summed E-state index contributed by atoms with van der Waals surface area (Å²) < 4.78 is 5.65. The fourth-order valence-electron chi connectivity index (χ4n) is 2.12. The molecule has 1 atom stereocenters. The number of amides is 1. The molecule has 0 aliphatic carbocycles. The van der Waals surface area contributed by atoms with Gasteiger partial charge < -0.3 is 15.4 Å². The van der Waals surface area contributed by atoms with Gasteiger partial charge in [0, 0.05) is 13.1 Å². The van der Waals surface area contributed by atoms with Crippen LogP contribution in [0.25, 0.3) is 0 Å². The summed E-state index contributed by atoms with van der Waals surface area (Å²) in [5.74, 6) is 0.410. The molecule has 122 valence electrons. The molecular weight excluding hydrogens is 323 g/mol. The lowest BCUT2D eigenvalue weighted by Gasteiger charge is -2.18. The quantitative estimate of drug-likeness (QED) is 0.807. The van der Waals surface area contributed by atoms with Crippen molar-refractivity contribution in [3.8, 4) is 5.75 Å². The van der Waals surface area contributed by atoms with Crippen molar-refractivity contribution in [1.29, 1.82) is 0 Å². The molecular formula is C16H22Cl2N2O2. The van der Waals surface area contributed by atoms with Crippen LogP contribution >= 0.6 is 24.0 Å². The van der Waals surface area contributed by atoms with Crippen molar-refractivity contribution in [2.45, 2.75) is 26.4 Å². The molecule has 0 spiro atoms. The number of rotatable bonds is 5. The van der Waals surface area contributed by atoms with Gasteiger partial charge in [-0.25, -0.2) is 0 Å². The zero-order chi connectivity index (χ0) is 15.2. The number of aryl methyl sites for hydroxylation is 1. The van der Waals surface area contributed by atoms with Crippen molar-refractivity contribution in [3.05, 3.63) is 40.4 Å². The Kier molecular flexibility index (Phi) is 7.73. The maximum Gasteiger partial charge on any atom is 0.261 e. The molecule has 6 heteroatoms. The Hall–Kier alpha value is -1.23. The van der Waals surface area contributed by atoms with Gasteiger partial charge in [0.2, 0.25) is 0 Å². The van der Waals surface area contributed by atoms with Gasteiger partial charge in [0.25, 0.3) is 5.91 Å². The highest BCUT2D eigenvalue weighted by Crippen LogP contribution is 2.26. The predicted molar refractivity (Wildman–Crippen MR) is 92.1 cm³/mol. The van der Waals surface area contributed by atoms with Gasteiger partial charge in [-0.15, -0.1) is 12.4 Å². The Morgan fingerprint density at radius 3 is 2.95 bits per heavy atom. The molecule has 1 aromatic rings. The summed E-state index contributed by atoms with van der Waals surface area (Å²) >= 11 is 6.07. The van der Waals surface area contributed by atoms with Crippen LogP contribution < -0.4 is 15.4 Å². The van der Waals surface area contributed by atoms with Gasteiger partial charge in [-0.3, -0.25) is 4.79 Å². The zero-order valence-electron chi connectivity index (χ0n) is 12.8. The molecule has 0 radical (unpaired) electrons. The van der Waals surface area contributed by atoms with Gasteiger partial charge >= 0.3 is 0 Å². The number of benzene rings is 1. The summed E-state index contributed by atoms with van der Waals surface area (Å²) in [6.45, 7) is 6.10. The molecule has 22 heavy (non-hydrogen) atoms. The average molecular weight is 345 g/mol. The summed E-state index contributed by atoms with van der Waals surface area (Å²) in [6.07, 6.45) is 2.51. The largest absolute Gasteiger partial charge is 0.479 e. The standard InChI is InChI=1S/C16H21ClN2O2.ClH/c1-11-3-4-14(17)15(9-11)21-12(2)16(20)19-10-13-5-7-18-8-6-13;/h3-5,9,12,18H,6-8,10H2,1-2H3,(H,19,20);1H. The van der Waals surface area contributed by atoms with E-state index in [9.17, 15) is 4.79 Å². The molecule has 4 nitrogen and oxygen atoms in total. The highest BCUT2D eigenvalue weighted by molar-refractivity contribution is 6.32. The van der Waals surface area contributed by atoms with Crippen LogP contribution in [0.1, 0.15) is 18.9 Å². The maximum atomic E-state index is 12.1. The highest BCUT2D eigenvalue weighted by atomic mass is 35.5. The first-order valence-corrected chi connectivity index (χ1v) is 7.53. The molecule has 1 aliphatic rings. The number of hydrogen-bond donors (Lipinski definition) is 2. The van der Waals surface area contributed by atoms with Crippen LogP contribution in [-0.2, 0) is 4.79 Å². The van der Waals surface area contributed by atoms with Crippen LogP contribution in [-0.4, -0.2) is 31.6 Å². The topological polar surface area (TPSA) is 50.4 Å². The summed E-state index contributed by atoms with van der Waals surface area (Å²) in [5.41, 5.74) is 2.30. The van der Waals surface area contributed by atoms with Gasteiger partial charge in [-0.2, -0.15) is 0 Å². The van der Waals surface area contributed by atoms with Crippen molar-refractivity contribution in [1.82, 2.24) is 10.6 Å². The normalized spacial score (nSPS) is 15.3. The molecule has 1 heterocycles. The van der Waals surface area contributed by atoms with Gasteiger partial charge in [0.15, 0.2) is 6.10 Å². The number of ether oxygens (including phenoxy) is 1. The van der Waals surface area contributed by atoms with E-state index in [0.717, 1.165) is 25.1 Å². The SMILES string of the molecule is Cc1ccc(Cl)c(OC(C)C(=O)NCC2=CCNCC2)c1.Cl. The summed E-state index contributed by atoms with van der Waals surface area (Å²) in [6, 6.07) is 5.52. The minimum atomic E-state index is -0.577. The third kappa shape index (κ3) is 5.52. The van der Waals surface area contributed by atoms with Crippen molar-refractivity contribution in [2.75, 3.05) is 19.6 Å². The van der Waals surface area contributed by atoms with E-state index in [0.29, 0.717) is 17.3 Å². The fourth-order valence-corrected chi connectivity index (χ4v) is 2.28. The summed E-state index contributed by atoms with van der Waals surface area (Å²) in [7, 11) is 0. The van der Waals surface area contributed by atoms with E-state index in [2.05, 4.69) is 16.7 Å². The molecule has 0 aromatic heterocycles. The predicted octanol–water partition coefficient (Wildman–Crippen LogP) is 2.87. The third-order valence-corrected chi connectivity index (χ3v) is 3.72. The molecule has 1 unspecified atom stereocenters. The van der Waals surface area contributed by atoms with Gasteiger partial charge in [0.1, 0.15) is 5.75 Å². The first kappa shape index (κ1) is 18.8. The van der Waals surface area contributed by atoms with Crippen LogP contribution in [0.5, 0.6) is 5.75 Å². The first-order valence-electron chi connectivity index (χ1n) is 7.15.